The Balaban J connectivity index is 0.00000121. The number of rotatable bonds is 0. The first-order chi connectivity index (χ1) is 9.34. The minimum Gasteiger partial charge on any atom is -0.247 e. The number of pyridine rings is 1. The molecule has 0 atom stereocenters. The maximum Gasteiger partial charge on any atom is 0.0764 e. The lowest BCUT2D eigenvalue weighted by atomic mass is 9.98. The Kier molecular flexibility index (Phi) is 3.45. The van der Waals surface area contributed by atoms with Gasteiger partial charge in [0.25, 0.3) is 0 Å². The van der Waals surface area contributed by atoms with Gasteiger partial charge in [0, 0.05) is 21.6 Å². The smallest absolute Gasteiger partial charge is 0.0764 e. The van der Waals surface area contributed by atoms with E-state index in [0.717, 1.165) is 11.3 Å². The molecule has 0 aliphatic carbocycles. The number of benzene rings is 2. The van der Waals surface area contributed by atoms with Gasteiger partial charge in [-0.25, -0.2) is 4.98 Å². The summed E-state index contributed by atoms with van der Waals surface area (Å²) in [7, 11) is 0. The molecule has 1 aliphatic rings. The molecule has 3 aromatic rings. The summed E-state index contributed by atoms with van der Waals surface area (Å²) < 4.78 is 0. The summed E-state index contributed by atoms with van der Waals surface area (Å²) in [6.45, 7) is 2.22. The molecule has 0 unspecified atom stereocenters. The molecule has 0 saturated heterocycles. The van der Waals surface area contributed by atoms with E-state index < -0.39 is 0 Å². The molecule has 0 saturated carbocycles. The van der Waals surface area contributed by atoms with Crippen LogP contribution in [0.25, 0.3) is 22.2 Å². The van der Waals surface area contributed by atoms with E-state index in [1.54, 1.807) is 0 Å². The normalized spacial score (nSPS) is 12.4. The number of thioether (sulfide) groups is 1. The maximum atomic E-state index is 4.90. The van der Waals surface area contributed by atoms with Gasteiger partial charge in [0.2, 0.25) is 0 Å². The summed E-state index contributed by atoms with van der Waals surface area (Å²) >= 11 is 1.91. The van der Waals surface area contributed by atoms with Gasteiger partial charge in [-0.3, -0.25) is 0 Å². The zero-order chi connectivity index (χ0) is 12.8. The second kappa shape index (κ2) is 5.12. The SMILES string of the molecule is Cc1c2c(nc3ccccc13)-c1ccccc1SC2.Cl. The molecule has 0 fully saturated rings. The van der Waals surface area contributed by atoms with Crippen molar-refractivity contribution in [2.75, 3.05) is 0 Å². The monoisotopic (exact) mass is 299 g/mol. The molecule has 0 N–H and O–H groups in total. The van der Waals surface area contributed by atoms with Crippen LogP contribution in [-0.4, -0.2) is 4.98 Å². The van der Waals surface area contributed by atoms with Crippen molar-refractivity contribution < 1.29 is 0 Å². The number of aromatic nitrogens is 1. The Labute approximate surface area is 128 Å². The average Bonchev–Trinajstić information content (AvgIpc) is 2.47. The van der Waals surface area contributed by atoms with Crippen LogP contribution in [0.15, 0.2) is 53.4 Å². The van der Waals surface area contributed by atoms with Crippen LogP contribution >= 0.6 is 24.2 Å². The Morgan fingerprint density at radius 2 is 1.75 bits per heavy atom. The molecule has 1 nitrogen and oxygen atoms in total. The van der Waals surface area contributed by atoms with E-state index in [0.29, 0.717) is 0 Å². The molecule has 2 aromatic carbocycles. The van der Waals surface area contributed by atoms with Gasteiger partial charge in [-0.1, -0.05) is 36.4 Å². The van der Waals surface area contributed by atoms with Gasteiger partial charge in [0.05, 0.1) is 11.2 Å². The van der Waals surface area contributed by atoms with Crippen molar-refractivity contribution in [1.29, 1.82) is 0 Å². The van der Waals surface area contributed by atoms with Gasteiger partial charge in [-0.2, -0.15) is 0 Å². The summed E-state index contributed by atoms with van der Waals surface area (Å²) in [4.78, 5) is 6.25. The molecular weight excluding hydrogens is 286 g/mol. The van der Waals surface area contributed by atoms with Gasteiger partial charge in [0.15, 0.2) is 0 Å². The number of hydrogen-bond acceptors (Lipinski definition) is 2. The highest BCUT2D eigenvalue weighted by Gasteiger charge is 2.20. The summed E-state index contributed by atoms with van der Waals surface area (Å²) in [5.74, 6) is 1.02. The topological polar surface area (TPSA) is 12.9 Å². The van der Waals surface area contributed by atoms with E-state index in [2.05, 4.69) is 55.5 Å². The van der Waals surface area contributed by atoms with Gasteiger partial charge in [-0.15, -0.1) is 24.2 Å². The maximum absolute atomic E-state index is 4.90. The molecule has 0 amide bonds. The lowest BCUT2D eigenvalue weighted by Gasteiger charge is -2.21. The Morgan fingerprint density at radius 3 is 2.65 bits per heavy atom. The molecule has 0 radical (unpaired) electrons. The minimum atomic E-state index is 0. The largest absolute Gasteiger partial charge is 0.247 e. The second-order valence-corrected chi connectivity index (χ2v) is 5.88. The molecule has 2 heterocycles. The number of halogens is 1. The predicted octanol–water partition coefficient (Wildman–Crippen LogP) is 5.24. The third kappa shape index (κ3) is 1.91. The highest BCUT2D eigenvalue weighted by Crippen LogP contribution is 2.42. The molecule has 1 aliphatic heterocycles. The van der Waals surface area contributed by atoms with E-state index in [9.17, 15) is 0 Å². The van der Waals surface area contributed by atoms with Crippen molar-refractivity contribution in [3.63, 3.8) is 0 Å². The highest BCUT2D eigenvalue weighted by atomic mass is 35.5. The van der Waals surface area contributed by atoms with Crippen molar-refractivity contribution in [2.45, 2.75) is 17.6 Å². The summed E-state index contributed by atoms with van der Waals surface area (Å²) in [6.07, 6.45) is 0. The highest BCUT2D eigenvalue weighted by molar-refractivity contribution is 7.98. The Bertz CT molecular complexity index is 798. The molecule has 3 heteroatoms. The van der Waals surface area contributed by atoms with Crippen LogP contribution < -0.4 is 0 Å². The first-order valence-corrected chi connectivity index (χ1v) is 7.43. The van der Waals surface area contributed by atoms with E-state index in [4.69, 9.17) is 4.98 Å². The van der Waals surface area contributed by atoms with Gasteiger partial charge in [0.1, 0.15) is 0 Å². The molecule has 0 spiro atoms. The van der Waals surface area contributed by atoms with Crippen LogP contribution in [0.4, 0.5) is 0 Å². The molecule has 0 bridgehead atoms. The first kappa shape index (κ1) is 13.5. The predicted molar refractivity (Wildman–Crippen MR) is 88.7 cm³/mol. The van der Waals surface area contributed by atoms with Gasteiger partial charge in [-0.05, 0) is 30.2 Å². The van der Waals surface area contributed by atoms with Crippen LogP contribution in [0.3, 0.4) is 0 Å². The van der Waals surface area contributed by atoms with Crippen LogP contribution in [0, 0.1) is 6.92 Å². The van der Waals surface area contributed by atoms with Gasteiger partial charge < -0.3 is 0 Å². The third-order valence-corrected chi connectivity index (χ3v) is 4.89. The molecule has 1 aromatic heterocycles. The lowest BCUT2D eigenvalue weighted by Crippen LogP contribution is -2.02. The van der Waals surface area contributed by atoms with Gasteiger partial charge >= 0.3 is 0 Å². The number of aryl methyl sites for hydroxylation is 1. The second-order valence-electron chi connectivity index (χ2n) is 4.87. The molecular formula is C17H14ClNS. The van der Waals surface area contributed by atoms with Crippen molar-refractivity contribution in [1.82, 2.24) is 4.98 Å². The molecule has 100 valence electrons. The Hall–Kier alpha value is -1.51. The summed E-state index contributed by atoms with van der Waals surface area (Å²) in [5, 5.41) is 1.28. The molecule has 4 rings (SSSR count). The van der Waals surface area contributed by atoms with Crippen molar-refractivity contribution in [2.24, 2.45) is 0 Å². The first-order valence-electron chi connectivity index (χ1n) is 6.45. The van der Waals surface area contributed by atoms with E-state index >= 15 is 0 Å². The fourth-order valence-corrected chi connectivity index (χ4v) is 3.90. The lowest BCUT2D eigenvalue weighted by molar-refractivity contribution is 1.21. The number of para-hydroxylation sites is 1. The Morgan fingerprint density at radius 1 is 1.00 bits per heavy atom. The van der Waals surface area contributed by atoms with E-state index in [1.807, 2.05) is 11.8 Å². The summed E-state index contributed by atoms with van der Waals surface area (Å²) in [5.41, 5.74) is 6.32. The number of hydrogen-bond donors (Lipinski definition) is 0. The van der Waals surface area contributed by atoms with Crippen molar-refractivity contribution in [3.8, 4) is 11.3 Å². The van der Waals surface area contributed by atoms with E-state index in [1.165, 1.54) is 32.7 Å². The standard InChI is InChI=1S/C17H13NS.ClH/c1-11-12-6-2-4-8-15(12)18-17-13-7-3-5-9-16(13)19-10-14(11)17;/h2-9H,10H2,1H3;1H. The van der Waals surface area contributed by atoms with Crippen LogP contribution in [0.1, 0.15) is 11.1 Å². The van der Waals surface area contributed by atoms with Crippen molar-refractivity contribution >= 4 is 35.1 Å². The van der Waals surface area contributed by atoms with Crippen LogP contribution in [-0.2, 0) is 5.75 Å². The van der Waals surface area contributed by atoms with Crippen LogP contribution in [0.5, 0.6) is 0 Å². The van der Waals surface area contributed by atoms with Crippen molar-refractivity contribution in [3.05, 3.63) is 59.7 Å². The average molecular weight is 300 g/mol. The zero-order valence-corrected chi connectivity index (χ0v) is 12.7. The summed E-state index contributed by atoms with van der Waals surface area (Å²) in [6, 6.07) is 17.0. The number of fused-ring (bicyclic) bond motifs is 4. The fourth-order valence-electron chi connectivity index (χ4n) is 2.75. The quantitative estimate of drug-likeness (QED) is 0.563. The van der Waals surface area contributed by atoms with E-state index in [-0.39, 0.29) is 12.4 Å². The number of nitrogens with zero attached hydrogens (tertiary/aromatic N) is 1. The fraction of sp³-hybridized carbons (Fsp3) is 0.118. The minimum absolute atomic E-state index is 0. The van der Waals surface area contributed by atoms with Crippen LogP contribution in [0.2, 0.25) is 0 Å². The zero-order valence-electron chi connectivity index (χ0n) is 11.1. The third-order valence-electron chi connectivity index (χ3n) is 3.79. The molecule has 20 heavy (non-hydrogen) atoms.